The lowest BCUT2D eigenvalue weighted by molar-refractivity contribution is -0.121. The molecule has 0 bridgehead atoms. The molecule has 4 rings (SSSR count). The number of fused-ring (bicyclic) bond motifs is 1. The van der Waals surface area contributed by atoms with Crippen LogP contribution in [0.1, 0.15) is 6.42 Å². The van der Waals surface area contributed by atoms with Gasteiger partial charge in [0.2, 0.25) is 5.91 Å². The molecule has 3 aromatic rings. The zero-order chi connectivity index (χ0) is 23.4. The topological polar surface area (TPSA) is 105 Å². The number of hydrogen-bond donors (Lipinski definition) is 2. The molecule has 0 spiro atoms. The predicted octanol–water partition coefficient (Wildman–Crippen LogP) is 3.38. The first-order valence-corrected chi connectivity index (χ1v) is 11.5. The Labute approximate surface area is 190 Å². The quantitative estimate of drug-likeness (QED) is 0.552. The lowest BCUT2D eigenvalue weighted by Crippen LogP contribution is -2.40. The van der Waals surface area contributed by atoms with E-state index in [4.69, 9.17) is 4.74 Å². The molecule has 8 nitrogen and oxygen atoms in total. The maximum absolute atomic E-state index is 13.8. The highest BCUT2D eigenvalue weighted by Crippen LogP contribution is 2.31. The van der Waals surface area contributed by atoms with Crippen molar-refractivity contribution >= 4 is 38.9 Å². The largest absolute Gasteiger partial charge is 0.482 e. The molecule has 0 aliphatic carbocycles. The van der Waals surface area contributed by atoms with Crippen molar-refractivity contribution in [3.05, 3.63) is 78.6 Å². The molecule has 0 saturated carbocycles. The fourth-order valence-corrected chi connectivity index (χ4v) is 4.44. The molecule has 0 atom stereocenters. The van der Waals surface area contributed by atoms with E-state index in [1.165, 1.54) is 47.4 Å². The van der Waals surface area contributed by atoms with Crippen molar-refractivity contribution in [3.63, 3.8) is 0 Å². The standard InChI is InChI=1S/C23H20FN3O5S/c24-18-8-1-2-9-19(18)26-33(30,31)17-7-5-6-16(14-17)25-22(28)12-13-27-20-10-3-4-11-21(20)32-15-23(27)29/h1-11,14,26H,12-13,15H2,(H,25,28). The highest BCUT2D eigenvalue weighted by Gasteiger charge is 2.25. The Balaban J connectivity index is 1.42. The summed E-state index contributed by atoms with van der Waals surface area (Å²) in [5.74, 6) is -0.792. The lowest BCUT2D eigenvalue weighted by Gasteiger charge is -2.29. The molecule has 0 radical (unpaired) electrons. The normalized spacial score (nSPS) is 13.1. The number of benzene rings is 3. The first kappa shape index (κ1) is 22.3. The summed E-state index contributed by atoms with van der Waals surface area (Å²) < 4.78 is 46.7. The third-order valence-electron chi connectivity index (χ3n) is 4.92. The van der Waals surface area contributed by atoms with E-state index in [0.29, 0.717) is 11.4 Å². The van der Waals surface area contributed by atoms with Gasteiger partial charge in [-0.3, -0.25) is 14.3 Å². The number of halogens is 1. The van der Waals surface area contributed by atoms with Gasteiger partial charge in [0.15, 0.2) is 6.61 Å². The van der Waals surface area contributed by atoms with Crippen LogP contribution < -0.4 is 19.7 Å². The maximum atomic E-state index is 13.8. The molecular weight excluding hydrogens is 449 g/mol. The number of amides is 2. The van der Waals surface area contributed by atoms with Gasteiger partial charge in [0.05, 0.1) is 16.3 Å². The number of ether oxygens (including phenoxy) is 1. The number of nitrogens with one attached hydrogen (secondary N) is 2. The first-order chi connectivity index (χ1) is 15.8. The highest BCUT2D eigenvalue weighted by atomic mass is 32.2. The fraction of sp³-hybridized carbons (Fsp3) is 0.130. The minimum Gasteiger partial charge on any atom is -0.482 e. The van der Waals surface area contributed by atoms with E-state index in [0.717, 1.165) is 6.07 Å². The zero-order valence-corrected chi connectivity index (χ0v) is 18.1. The maximum Gasteiger partial charge on any atom is 0.265 e. The minimum atomic E-state index is -4.07. The molecule has 3 aromatic carbocycles. The predicted molar refractivity (Wildman–Crippen MR) is 121 cm³/mol. The highest BCUT2D eigenvalue weighted by molar-refractivity contribution is 7.92. The van der Waals surface area contributed by atoms with Crippen LogP contribution in [-0.2, 0) is 19.6 Å². The first-order valence-electron chi connectivity index (χ1n) is 10.0. The second kappa shape index (κ2) is 9.29. The van der Waals surface area contributed by atoms with Crippen LogP contribution in [0, 0.1) is 5.82 Å². The number of para-hydroxylation sites is 3. The molecule has 2 N–H and O–H groups in total. The van der Waals surface area contributed by atoms with Crippen LogP contribution in [0.3, 0.4) is 0 Å². The molecule has 0 saturated heterocycles. The number of carbonyl (C=O) groups is 2. The Morgan fingerprint density at radius 3 is 2.61 bits per heavy atom. The number of nitrogens with zero attached hydrogens (tertiary/aromatic N) is 1. The van der Waals surface area contributed by atoms with Crippen molar-refractivity contribution in [2.75, 3.05) is 28.1 Å². The Hall–Kier alpha value is -3.92. The molecule has 1 aliphatic rings. The van der Waals surface area contributed by atoms with Crippen molar-refractivity contribution in [1.29, 1.82) is 0 Å². The van der Waals surface area contributed by atoms with Crippen LogP contribution in [0.5, 0.6) is 5.75 Å². The molecule has 170 valence electrons. The number of anilines is 3. The van der Waals surface area contributed by atoms with Gasteiger partial charge >= 0.3 is 0 Å². The van der Waals surface area contributed by atoms with Gasteiger partial charge in [-0.2, -0.15) is 0 Å². The van der Waals surface area contributed by atoms with E-state index in [9.17, 15) is 22.4 Å². The molecule has 2 amide bonds. The van der Waals surface area contributed by atoms with Crippen molar-refractivity contribution in [2.45, 2.75) is 11.3 Å². The Bertz CT molecular complexity index is 1310. The Morgan fingerprint density at radius 1 is 1.03 bits per heavy atom. The number of carbonyl (C=O) groups excluding carboxylic acids is 2. The van der Waals surface area contributed by atoms with Crippen molar-refractivity contribution in [1.82, 2.24) is 0 Å². The number of hydrogen-bond acceptors (Lipinski definition) is 5. The van der Waals surface area contributed by atoms with Crippen molar-refractivity contribution in [3.8, 4) is 5.75 Å². The molecule has 0 aromatic heterocycles. The molecule has 1 aliphatic heterocycles. The molecular formula is C23H20FN3O5S. The molecule has 0 unspecified atom stereocenters. The smallest absolute Gasteiger partial charge is 0.265 e. The summed E-state index contributed by atoms with van der Waals surface area (Å²) in [6, 6.07) is 18.1. The average molecular weight is 469 g/mol. The monoisotopic (exact) mass is 469 g/mol. The summed E-state index contributed by atoms with van der Waals surface area (Å²) >= 11 is 0. The average Bonchev–Trinajstić information content (AvgIpc) is 2.80. The van der Waals surface area contributed by atoms with Crippen molar-refractivity contribution in [2.24, 2.45) is 0 Å². The fourth-order valence-electron chi connectivity index (χ4n) is 3.32. The summed E-state index contributed by atoms with van der Waals surface area (Å²) in [7, 11) is -4.07. The molecule has 1 heterocycles. The summed E-state index contributed by atoms with van der Waals surface area (Å²) in [5, 5.41) is 2.63. The van der Waals surface area contributed by atoms with Crippen LogP contribution in [0.4, 0.5) is 21.5 Å². The number of rotatable bonds is 7. The number of sulfonamides is 1. The summed E-state index contributed by atoms with van der Waals surface area (Å²) in [4.78, 5) is 26.0. The van der Waals surface area contributed by atoms with Gasteiger partial charge in [-0.25, -0.2) is 12.8 Å². The van der Waals surface area contributed by atoms with E-state index >= 15 is 0 Å². The van der Waals surface area contributed by atoms with Crippen LogP contribution >= 0.6 is 0 Å². The van der Waals surface area contributed by atoms with Crippen LogP contribution in [0.2, 0.25) is 0 Å². The van der Waals surface area contributed by atoms with E-state index in [1.54, 1.807) is 24.3 Å². The second-order valence-electron chi connectivity index (χ2n) is 7.21. The van der Waals surface area contributed by atoms with Gasteiger partial charge in [-0.15, -0.1) is 0 Å². The second-order valence-corrected chi connectivity index (χ2v) is 8.90. The Morgan fingerprint density at radius 2 is 1.79 bits per heavy atom. The third kappa shape index (κ3) is 5.12. The van der Waals surface area contributed by atoms with Crippen LogP contribution in [-0.4, -0.2) is 33.4 Å². The minimum absolute atomic E-state index is 0.00940. The van der Waals surface area contributed by atoms with Gasteiger partial charge in [-0.1, -0.05) is 30.3 Å². The molecule has 10 heteroatoms. The lowest BCUT2D eigenvalue weighted by atomic mass is 10.2. The molecule has 33 heavy (non-hydrogen) atoms. The van der Waals surface area contributed by atoms with E-state index < -0.39 is 21.7 Å². The van der Waals surface area contributed by atoms with E-state index in [1.807, 2.05) is 0 Å². The van der Waals surface area contributed by atoms with Gasteiger partial charge < -0.3 is 15.0 Å². The van der Waals surface area contributed by atoms with E-state index in [-0.39, 0.29) is 41.7 Å². The van der Waals surface area contributed by atoms with Gasteiger partial charge in [0.25, 0.3) is 15.9 Å². The van der Waals surface area contributed by atoms with Gasteiger partial charge in [-0.05, 0) is 42.5 Å². The van der Waals surface area contributed by atoms with Gasteiger partial charge in [0.1, 0.15) is 11.6 Å². The van der Waals surface area contributed by atoms with Crippen LogP contribution in [0.15, 0.2) is 77.7 Å². The summed E-state index contributed by atoms with van der Waals surface area (Å²) in [5.41, 5.74) is 0.668. The third-order valence-corrected chi connectivity index (χ3v) is 6.28. The summed E-state index contributed by atoms with van der Waals surface area (Å²) in [6.45, 7) is 0.0331. The van der Waals surface area contributed by atoms with Crippen molar-refractivity contribution < 1.29 is 27.1 Å². The summed E-state index contributed by atoms with van der Waals surface area (Å²) in [6.07, 6.45) is -0.00940. The SMILES string of the molecule is O=C(CCN1C(=O)COc2ccccc21)Nc1cccc(S(=O)(=O)Nc2ccccc2F)c1. The molecule has 0 fully saturated rings. The van der Waals surface area contributed by atoms with Gasteiger partial charge in [0, 0.05) is 18.7 Å². The Kier molecular flexibility index (Phi) is 6.27. The zero-order valence-electron chi connectivity index (χ0n) is 17.3. The van der Waals surface area contributed by atoms with E-state index in [2.05, 4.69) is 10.0 Å². The van der Waals surface area contributed by atoms with Crippen LogP contribution in [0.25, 0.3) is 0 Å².